The second-order valence-electron chi connectivity index (χ2n) is 10.6. The SMILES string of the molecule is CC(C)CC(NC(=O)C(Cc1cccc2ccccc12)NC(=O)O)C(=O)NC(C[C@@H]1CCCNC1=O)C(O)C#N. The lowest BCUT2D eigenvalue weighted by molar-refractivity contribution is -0.131. The van der Waals surface area contributed by atoms with Gasteiger partial charge in [-0.15, -0.1) is 0 Å². The van der Waals surface area contributed by atoms with E-state index in [1.54, 1.807) is 6.07 Å². The van der Waals surface area contributed by atoms with Gasteiger partial charge in [0.05, 0.1) is 12.1 Å². The van der Waals surface area contributed by atoms with E-state index in [1.165, 1.54) is 0 Å². The van der Waals surface area contributed by atoms with Crippen LogP contribution in [0.5, 0.6) is 0 Å². The third-order valence-corrected chi connectivity index (χ3v) is 7.04. The molecule has 1 aliphatic rings. The number of nitriles is 1. The molecule has 4 unspecified atom stereocenters. The number of carboxylic acid groups (broad SMARTS) is 1. The first-order chi connectivity index (χ1) is 19.1. The van der Waals surface area contributed by atoms with Crippen LogP contribution in [0, 0.1) is 23.2 Å². The molecule has 1 aliphatic heterocycles. The molecule has 6 N–H and O–H groups in total. The van der Waals surface area contributed by atoms with Crippen LogP contribution in [0.25, 0.3) is 10.8 Å². The number of hydrogen-bond donors (Lipinski definition) is 6. The van der Waals surface area contributed by atoms with E-state index >= 15 is 0 Å². The maximum absolute atomic E-state index is 13.4. The lowest BCUT2D eigenvalue weighted by atomic mass is 9.89. The lowest BCUT2D eigenvalue weighted by Gasteiger charge is -2.30. The van der Waals surface area contributed by atoms with Crippen LogP contribution in [0.4, 0.5) is 4.79 Å². The van der Waals surface area contributed by atoms with Crippen molar-refractivity contribution in [3.8, 4) is 6.07 Å². The summed E-state index contributed by atoms with van der Waals surface area (Å²) in [7, 11) is 0. The summed E-state index contributed by atoms with van der Waals surface area (Å²) in [6.07, 6.45) is -1.26. The monoisotopic (exact) mass is 551 g/mol. The van der Waals surface area contributed by atoms with Crippen LogP contribution < -0.4 is 21.3 Å². The third-order valence-electron chi connectivity index (χ3n) is 7.04. The van der Waals surface area contributed by atoms with Gasteiger partial charge in [-0.25, -0.2) is 4.79 Å². The van der Waals surface area contributed by atoms with Gasteiger partial charge < -0.3 is 31.5 Å². The molecular formula is C29H37N5O6. The Morgan fingerprint density at radius 2 is 1.75 bits per heavy atom. The lowest BCUT2D eigenvalue weighted by Crippen LogP contribution is -2.57. The number of piperidine rings is 1. The molecule has 3 rings (SSSR count). The summed E-state index contributed by atoms with van der Waals surface area (Å²) in [5, 5.41) is 41.2. The Kier molecular flexibility index (Phi) is 10.8. The molecule has 0 radical (unpaired) electrons. The number of benzene rings is 2. The van der Waals surface area contributed by atoms with Crippen molar-refractivity contribution in [2.24, 2.45) is 11.8 Å². The van der Waals surface area contributed by atoms with E-state index in [4.69, 9.17) is 0 Å². The minimum absolute atomic E-state index is 0.0246. The Labute approximate surface area is 233 Å². The molecule has 214 valence electrons. The topological polar surface area (TPSA) is 181 Å². The number of carbonyl (C=O) groups is 4. The number of hydrogen-bond acceptors (Lipinski definition) is 6. The van der Waals surface area contributed by atoms with E-state index in [1.807, 2.05) is 56.3 Å². The van der Waals surface area contributed by atoms with E-state index in [2.05, 4.69) is 21.3 Å². The quantitative estimate of drug-likeness (QED) is 0.218. The summed E-state index contributed by atoms with van der Waals surface area (Å²) in [5.41, 5.74) is 0.764. The maximum Gasteiger partial charge on any atom is 0.405 e. The first-order valence-electron chi connectivity index (χ1n) is 13.5. The van der Waals surface area contributed by atoms with Crippen molar-refractivity contribution < 1.29 is 29.4 Å². The van der Waals surface area contributed by atoms with E-state index in [0.29, 0.717) is 13.0 Å². The molecule has 0 bridgehead atoms. The molecule has 1 saturated heterocycles. The number of nitrogens with one attached hydrogen (secondary N) is 4. The molecule has 11 heteroatoms. The molecule has 4 amide bonds. The molecule has 0 aliphatic carbocycles. The van der Waals surface area contributed by atoms with Crippen molar-refractivity contribution >= 4 is 34.6 Å². The second kappa shape index (κ2) is 14.3. The van der Waals surface area contributed by atoms with Gasteiger partial charge in [-0.05, 0) is 47.9 Å². The Balaban J connectivity index is 1.78. The summed E-state index contributed by atoms with van der Waals surface area (Å²) in [5.74, 6) is -2.00. The Morgan fingerprint density at radius 3 is 2.42 bits per heavy atom. The summed E-state index contributed by atoms with van der Waals surface area (Å²) in [4.78, 5) is 50.6. The zero-order chi connectivity index (χ0) is 29.2. The van der Waals surface area contributed by atoms with Gasteiger partial charge in [0, 0.05) is 18.9 Å². The minimum Gasteiger partial charge on any atom is -0.465 e. The largest absolute Gasteiger partial charge is 0.465 e. The van der Waals surface area contributed by atoms with Crippen LogP contribution >= 0.6 is 0 Å². The van der Waals surface area contributed by atoms with E-state index < -0.39 is 48.1 Å². The molecule has 0 saturated carbocycles. The summed E-state index contributed by atoms with van der Waals surface area (Å²) in [6, 6.07) is 11.6. The van der Waals surface area contributed by atoms with Gasteiger partial charge in [0.1, 0.15) is 12.1 Å². The summed E-state index contributed by atoms with van der Waals surface area (Å²) in [6.45, 7) is 4.28. The molecule has 11 nitrogen and oxygen atoms in total. The van der Waals surface area contributed by atoms with Crippen molar-refractivity contribution in [1.29, 1.82) is 5.26 Å². The molecule has 2 aromatic carbocycles. The Hall–Kier alpha value is -4.17. The van der Waals surface area contributed by atoms with Gasteiger partial charge in [-0.3, -0.25) is 14.4 Å². The molecule has 1 heterocycles. The normalized spacial score (nSPS) is 18.1. The molecule has 40 heavy (non-hydrogen) atoms. The summed E-state index contributed by atoms with van der Waals surface area (Å²) >= 11 is 0. The fourth-order valence-corrected chi connectivity index (χ4v) is 5.03. The number of aliphatic hydroxyl groups is 1. The third kappa shape index (κ3) is 8.41. The molecule has 0 aromatic heterocycles. The van der Waals surface area contributed by atoms with Gasteiger partial charge in [0.2, 0.25) is 17.7 Å². The van der Waals surface area contributed by atoms with E-state index in [0.717, 1.165) is 22.8 Å². The smallest absolute Gasteiger partial charge is 0.405 e. The number of carbonyl (C=O) groups excluding carboxylic acids is 3. The fraction of sp³-hybridized carbons (Fsp3) is 0.483. The second-order valence-corrected chi connectivity index (χ2v) is 10.6. The van der Waals surface area contributed by atoms with E-state index in [9.17, 15) is 34.7 Å². The summed E-state index contributed by atoms with van der Waals surface area (Å²) < 4.78 is 0. The van der Waals surface area contributed by atoms with Crippen LogP contribution in [0.2, 0.25) is 0 Å². The van der Waals surface area contributed by atoms with Gasteiger partial charge in [-0.2, -0.15) is 5.26 Å². The van der Waals surface area contributed by atoms with E-state index in [-0.39, 0.29) is 31.1 Å². The number of nitrogens with zero attached hydrogens (tertiary/aromatic N) is 1. The average Bonchev–Trinajstić information content (AvgIpc) is 2.92. The van der Waals surface area contributed by atoms with Crippen molar-refractivity contribution in [3.05, 3.63) is 48.0 Å². The van der Waals surface area contributed by atoms with Crippen molar-refractivity contribution in [2.45, 2.75) is 70.2 Å². The first-order valence-corrected chi connectivity index (χ1v) is 13.5. The zero-order valence-electron chi connectivity index (χ0n) is 22.7. The highest BCUT2D eigenvalue weighted by Gasteiger charge is 2.33. The number of amides is 4. The van der Waals surface area contributed by atoms with Crippen molar-refractivity contribution in [1.82, 2.24) is 21.3 Å². The molecule has 1 fully saturated rings. The molecule has 0 spiro atoms. The standard InChI is InChI=1S/C29H37N5O6/c1-17(2)13-23(27(37)32-22(25(35)16-30)15-20-10-6-12-31-26(20)36)33-28(38)24(34-29(39)40)14-19-9-5-8-18-7-3-4-11-21(18)19/h3-5,7-9,11,17,20,22-25,34-35H,6,10,12-15H2,1-2H3,(H,31,36)(H,32,37)(H,33,38)(H,39,40)/t20-,22?,23?,24?,25?/m0/s1. The van der Waals surface area contributed by atoms with Crippen LogP contribution in [-0.2, 0) is 20.8 Å². The van der Waals surface area contributed by atoms with Crippen LogP contribution in [0.1, 0.15) is 45.1 Å². The number of aliphatic hydroxyl groups excluding tert-OH is 1. The van der Waals surface area contributed by atoms with Gasteiger partial charge in [0.25, 0.3) is 0 Å². The van der Waals surface area contributed by atoms with Gasteiger partial charge >= 0.3 is 6.09 Å². The minimum atomic E-state index is -1.55. The predicted octanol–water partition coefficient (Wildman–Crippen LogP) is 1.83. The van der Waals surface area contributed by atoms with Crippen LogP contribution in [0.3, 0.4) is 0 Å². The Morgan fingerprint density at radius 1 is 1.05 bits per heavy atom. The van der Waals surface area contributed by atoms with Gasteiger partial charge in [0.15, 0.2) is 6.10 Å². The van der Waals surface area contributed by atoms with Crippen molar-refractivity contribution in [2.75, 3.05) is 6.54 Å². The predicted molar refractivity (Wildman–Crippen MR) is 148 cm³/mol. The maximum atomic E-state index is 13.4. The van der Waals surface area contributed by atoms with Crippen LogP contribution in [-0.4, -0.2) is 64.8 Å². The highest BCUT2D eigenvalue weighted by molar-refractivity contribution is 5.92. The molecule has 5 atom stereocenters. The highest BCUT2D eigenvalue weighted by Crippen LogP contribution is 2.21. The first kappa shape index (κ1) is 30.4. The highest BCUT2D eigenvalue weighted by atomic mass is 16.4. The van der Waals surface area contributed by atoms with Crippen LogP contribution in [0.15, 0.2) is 42.5 Å². The fourth-order valence-electron chi connectivity index (χ4n) is 5.03. The zero-order valence-corrected chi connectivity index (χ0v) is 22.7. The average molecular weight is 552 g/mol. The molecule has 2 aromatic rings. The van der Waals surface area contributed by atoms with Gasteiger partial charge in [-0.1, -0.05) is 56.3 Å². The number of fused-ring (bicyclic) bond motifs is 1. The van der Waals surface area contributed by atoms with Crippen molar-refractivity contribution in [3.63, 3.8) is 0 Å². The Bertz CT molecular complexity index is 1250. The number of rotatable bonds is 12. The molecular weight excluding hydrogens is 514 g/mol.